The summed E-state index contributed by atoms with van der Waals surface area (Å²) in [5.74, 6) is -0.818. The molecule has 1 saturated heterocycles. The molecule has 16 heavy (non-hydrogen) atoms. The molecule has 0 bridgehead atoms. The molecule has 0 unspecified atom stereocenters. The first-order valence-corrected chi connectivity index (χ1v) is 5.25. The molecule has 1 fully saturated rings. The Balaban J connectivity index is 2.19. The molecule has 1 aliphatic heterocycles. The first kappa shape index (κ1) is 11.4. The molecule has 1 heterocycles. The minimum absolute atomic E-state index is 0.00161. The van der Waals surface area contributed by atoms with E-state index in [2.05, 4.69) is 13.8 Å². The van der Waals surface area contributed by atoms with Crippen molar-refractivity contribution < 1.29 is 19.0 Å². The van der Waals surface area contributed by atoms with Crippen LogP contribution in [-0.2, 0) is 19.0 Å². The van der Waals surface area contributed by atoms with Gasteiger partial charge in [0, 0.05) is 11.5 Å². The number of hydrogen-bond acceptors (Lipinski definition) is 4. The lowest BCUT2D eigenvalue weighted by Crippen LogP contribution is -2.46. The average molecular weight is 224 g/mol. The third kappa shape index (κ3) is 2.03. The predicted molar refractivity (Wildman–Crippen MR) is 57.7 cm³/mol. The highest BCUT2D eigenvalue weighted by Crippen LogP contribution is 2.33. The zero-order valence-corrected chi connectivity index (χ0v) is 9.78. The molecule has 88 valence electrons. The van der Waals surface area contributed by atoms with Crippen molar-refractivity contribution in [3.63, 3.8) is 0 Å². The van der Waals surface area contributed by atoms with E-state index in [9.17, 15) is 4.79 Å². The Bertz CT molecular complexity index is 355. The highest BCUT2D eigenvalue weighted by molar-refractivity contribution is 6.03. The summed E-state index contributed by atoms with van der Waals surface area (Å²) in [7, 11) is 1.46. The van der Waals surface area contributed by atoms with Crippen molar-refractivity contribution in [3.8, 4) is 0 Å². The molecular formula is C12H16O4. The topological polar surface area (TPSA) is 44.8 Å². The number of rotatable bonds is 1. The van der Waals surface area contributed by atoms with E-state index in [0.29, 0.717) is 13.2 Å². The minimum atomic E-state index is -0.922. The van der Waals surface area contributed by atoms with Gasteiger partial charge in [-0.25, -0.2) is 0 Å². The van der Waals surface area contributed by atoms with Crippen LogP contribution in [0.5, 0.6) is 0 Å². The zero-order chi connectivity index (χ0) is 11.8. The molecule has 2 aliphatic rings. The van der Waals surface area contributed by atoms with Crippen LogP contribution < -0.4 is 0 Å². The number of methoxy groups -OCH3 is 1. The van der Waals surface area contributed by atoms with Gasteiger partial charge in [-0.05, 0) is 12.2 Å². The molecule has 1 aliphatic carbocycles. The average Bonchev–Trinajstić information content (AvgIpc) is 2.26. The van der Waals surface area contributed by atoms with E-state index in [-0.39, 0.29) is 17.0 Å². The summed E-state index contributed by atoms with van der Waals surface area (Å²) in [5.41, 5.74) is 0.00161. The van der Waals surface area contributed by atoms with E-state index >= 15 is 0 Å². The summed E-state index contributed by atoms with van der Waals surface area (Å²) in [6, 6.07) is 0. The van der Waals surface area contributed by atoms with Crippen LogP contribution in [0, 0.1) is 5.41 Å². The van der Waals surface area contributed by atoms with Crippen molar-refractivity contribution >= 4 is 5.78 Å². The summed E-state index contributed by atoms with van der Waals surface area (Å²) in [4.78, 5) is 11.4. The van der Waals surface area contributed by atoms with Crippen molar-refractivity contribution in [3.05, 3.63) is 24.0 Å². The monoisotopic (exact) mass is 224 g/mol. The van der Waals surface area contributed by atoms with Crippen molar-refractivity contribution in [2.75, 3.05) is 20.3 Å². The maximum absolute atomic E-state index is 11.4. The van der Waals surface area contributed by atoms with Gasteiger partial charge in [-0.2, -0.15) is 0 Å². The quantitative estimate of drug-likeness (QED) is 0.675. The minimum Gasteiger partial charge on any atom is -0.493 e. The molecule has 4 heteroatoms. The van der Waals surface area contributed by atoms with E-state index in [4.69, 9.17) is 14.2 Å². The largest absolute Gasteiger partial charge is 0.493 e. The Morgan fingerprint density at radius 2 is 1.94 bits per heavy atom. The van der Waals surface area contributed by atoms with Crippen molar-refractivity contribution in [1.82, 2.24) is 0 Å². The molecule has 0 amide bonds. The molecule has 0 aromatic rings. The number of ether oxygens (including phenoxy) is 3. The summed E-state index contributed by atoms with van der Waals surface area (Å²) in [6.07, 6.45) is 4.65. The smallest absolute Gasteiger partial charge is 0.220 e. The first-order chi connectivity index (χ1) is 7.46. The molecule has 0 saturated carbocycles. The fourth-order valence-electron chi connectivity index (χ4n) is 1.61. The van der Waals surface area contributed by atoms with Crippen molar-refractivity contribution in [2.24, 2.45) is 5.41 Å². The number of carbonyl (C=O) groups excluding carboxylic acids is 1. The van der Waals surface area contributed by atoms with Gasteiger partial charge < -0.3 is 14.2 Å². The van der Waals surface area contributed by atoms with Crippen LogP contribution in [0.3, 0.4) is 0 Å². The summed E-state index contributed by atoms with van der Waals surface area (Å²) in [6.45, 7) is 5.30. The third-order valence-electron chi connectivity index (χ3n) is 2.64. The fourth-order valence-corrected chi connectivity index (χ4v) is 1.61. The van der Waals surface area contributed by atoms with Crippen LogP contribution in [0.2, 0.25) is 0 Å². The second-order valence-electron chi connectivity index (χ2n) is 4.87. The molecule has 1 spiro atoms. The molecule has 0 aromatic heterocycles. The van der Waals surface area contributed by atoms with Crippen LogP contribution >= 0.6 is 0 Å². The van der Waals surface area contributed by atoms with Crippen molar-refractivity contribution in [1.29, 1.82) is 0 Å². The zero-order valence-electron chi connectivity index (χ0n) is 9.78. The maximum atomic E-state index is 11.4. The van der Waals surface area contributed by atoms with Crippen LogP contribution in [0.4, 0.5) is 0 Å². The standard InChI is InChI=1S/C12H16O4/c1-11(2)7-15-12(16-8-11)5-4-9(13)10(6-12)14-3/h4-6H,7-8H2,1-3H3. The predicted octanol–water partition coefficient (Wildman–Crippen LogP) is 1.42. The van der Waals surface area contributed by atoms with Crippen LogP contribution in [-0.4, -0.2) is 31.9 Å². The first-order valence-electron chi connectivity index (χ1n) is 5.25. The highest BCUT2D eigenvalue weighted by Gasteiger charge is 2.40. The Morgan fingerprint density at radius 3 is 2.50 bits per heavy atom. The van der Waals surface area contributed by atoms with Crippen LogP contribution in [0.25, 0.3) is 0 Å². The molecule has 2 rings (SSSR count). The number of carbonyl (C=O) groups is 1. The molecule has 0 N–H and O–H groups in total. The number of ketones is 1. The second-order valence-corrected chi connectivity index (χ2v) is 4.87. The van der Waals surface area contributed by atoms with Crippen LogP contribution in [0.1, 0.15) is 13.8 Å². The maximum Gasteiger partial charge on any atom is 0.220 e. The lowest BCUT2D eigenvalue weighted by Gasteiger charge is -2.41. The number of allylic oxidation sites excluding steroid dienone is 1. The molecule has 4 nitrogen and oxygen atoms in total. The summed E-state index contributed by atoms with van der Waals surface area (Å²) in [5, 5.41) is 0. The van der Waals surface area contributed by atoms with Gasteiger partial charge in [0.05, 0.1) is 20.3 Å². The summed E-state index contributed by atoms with van der Waals surface area (Å²) < 4.78 is 16.4. The van der Waals surface area contributed by atoms with Gasteiger partial charge in [-0.15, -0.1) is 0 Å². The lowest BCUT2D eigenvalue weighted by atomic mass is 9.94. The third-order valence-corrected chi connectivity index (χ3v) is 2.64. The van der Waals surface area contributed by atoms with E-state index in [0.717, 1.165) is 0 Å². The van der Waals surface area contributed by atoms with Gasteiger partial charge in [0.1, 0.15) is 0 Å². The van der Waals surface area contributed by atoms with Crippen LogP contribution in [0.15, 0.2) is 24.0 Å². The van der Waals surface area contributed by atoms with Gasteiger partial charge in [-0.3, -0.25) is 4.79 Å². The lowest BCUT2D eigenvalue weighted by molar-refractivity contribution is -0.247. The van der Waals surface area contributed by atoms with E-state index in [1.165, 1.54) is 13.2 Å². The normalized spacial score (nSPS) is 26.7. The Labute approximate surface area is 94.9 Å². The van der Waals surface area contributed by atoms with Gasteiger partial charge >= 0.3 is 0 Å². The van der Waals surface area contributed by atoms with E-state index in [1.807, 2.05) is 0 Å². The highest BCUT2D eigenvalue weighted by atomic mass is 16.7. The van der Waals surface area contributed by atoms with Gasteiger partial charge in [0.25, 0.3) is 0 Å². The van der Waals surface area contributed by atoms with Crippen molar-refractivity contribution in [2.45, 2.75) is 19.6 Å². The molecular weight excluding hydrogens is 208 g/mol. The van der Waals surface area contributed by atoms with Gasteiger partial charge in [-0.1, -0.05) is 13.8 Å². The second kappa shape index (κ2) is 3.71. The van der Waals surface area contributed by atoms with Gasteiger partial charge in [0.15, 0.2) is 5.76 Å². The fraction of sp³-hybridized carbons (Fsp3) is 0.583. The Kier molecular flexibility index (Phi) is 2.64. The SMILES string of the molecule is COC1=CC2(C=CC1=O)OCC(C)(C)CO2. The van der Waals surface area contributed by atoms with E-state index < -0.39 is 5.79 Å². The summed E-state index contributed by atoms with van der Waals surface area (Å²) >= 11 is 0. The van der Waals surface area contributed by atoms with E-state index in [1.54, 1.807) is 12.2 Å². The number of hydrogen-bond donors (Lipinski definition) is 0. The molecule has 0 atom stereocenters. The Hall–Kier alpha value is -1.13. The molecule has 0 radical (unpaired) electrons. The molecule has 0 aromatic carbocycles. The van der Waals surface area contributed by atoms with Gasteiger partial charge in [0.2, 0.25) is 11.6 Å². The Morgan fingerprint density at radius 1 is 1.31 bits per heavy atom.